The summed E-state index contributed by atoms with van der Waals surface area (Å²) < 4.78 is 0. The Bertz CT molecular complexity index is 2430. The zero-order chi connectivity index (χ0) is 48.0. The Morgan fingerprint density at radius 1 is 0.818 bits per heavy atom. The molecule has 0 unspecified atom stereocenters. The van der Waals surface area contributed by atoms with Gasteiger partial charge in [-0.1, -0.05) is 26.0 Å². The molecule has 2 aromatic carbocycles. The van der Waals surface area contributed by atoms with Gasteiger partial charge in [-0.15, -0.1) is 23.5 Å². The van der Waals surface area contributed by atoms with Gasteiger partial charge >= 0.3 is 23.9 Å². The molecule has 4 amide bonds. The monoisotopic (exact) mass is 950 g/mol. The quantitative estimate of drug-likeness (QED) is 0.109. The van der Waals surface area contributed by atoms with Gasteiger partial charge in [-0.25, -0.2) is 19.2 Å². The molecule has 13 atom stereocenters. The van der Waals surface area contributed by atoms with E-state index in [2.05, 4.69) is 20.9 Å². The number of hydrogen-bond donors (Lipinski definition) is 9. The van der Waals surface area contributed by atoms with Gasteiger partial charge in [-0.2, -0.15) is 0 Å². The molecule has 0 spiro atoms. The molecule has 0 aromatic heterocycles. The molecule has 0 aliphatic carbocycles. The summed E-state index contributed by atoms with van der Waals surface area (Å²) in [5.74, 6) is -10.9. The highest BCUT2D eigenvalue weighted by atomic mass is 32.2. The van der Waals surface area contributed by atoms with Gasteiger partial charge in [0.15, 0.2) is 0 Å². The van der Waals surface area contributed by atoms with E-state index >= 15 is 0 Å². The van der Waals surface area contributed by atoms with Crippen LogP contribution in [0.3, 0.4) is 0 Å². The Morgan fingerprint density at radius 2 is 1.42 bits per heavy atom. The summed E-state index contributed by atoms with van der Waals surface area (Å²) in [6.45, 7) is 6.43. The van der Waals surface area contributed by atoms with E-state index < -0.39 is 118 Å². The molecule has 5 heterocycles. The molecular weight excluding hydrogens is 901 g/mol. The van der Waals surface area contributed by atoms with Crippen LogP contribution in [-0.4, -0.2) is 159 Å². The summed E-state index contributed by atoms with van der Waals surface area (Å²) in [5.41, 5.74) is -0.195. The van der Waals surface area contributed by atoms with Crippen LogP contribution in [0.4, 0.5) is 11.4 Å². The predicted molar refractivity (Wildman–Crippen MR) is 240 cm³/mol. The van der Waals surface area contributed by atoms with E-state index in [4.69, 9.17) is 0 Å². The number of aliphatic imine (C=N–C) groups is 1. The standard InChI is InChI=1S/C44H50N6O14S2/c1-17-31(48-32(43(61)62)35(17)65-25-13-27(45-15-25)37(53)46-23-9-5-7-21(11-23)41(57)58)29(19(3)51)39(55)49-16-26(14-28(49)38(54)47-24-10-6-8-22(12-24)42(59)60)66-36-18(2)33-30(20(4)52)40(56)50(33)34(36)44(63)64/h5-12,17-20,25-31,33,35,45,51-52H,13-16H2,1-4H3,(H,46,53)(H,47,54)(H,57,58)(H,59,60)(H,61,62)(H,63,64)/t17-,18+,19-,20+,25-,26-,27-,28-,29+,30+,31+,33+,35-/m0/s1. The summed E-state index contributed by atoms with van der Waals surface area (Å²) in [4.78, 5) is 111. The Balaban J connectivity index is 1.12. The molecule has 3 saturated heterocycles. The third-order valence-electron chi connectivity index (χ3n) is 12.9. The zero-order valence-electron chi connectivity index (χ0n) is 36.1. The van der Waals surface area contributed by atoms with Gasteiger partial charge < -0.3 is 56.4 Å². The fourth-order valence-electron chi connectivity index (χ4n) is 9.74. The molecular formula is C44H50N6O14S2. The summed E-state index contributed by atoms with van der Waals surface area (Å²) in [6, 6.07) is 7.59. The molecule has 3 fully saturated rings. The fraction of sp³-hybridized carbons (Fsp3) is 0.477. The van der Waals surface area contributed by atoms with Crippen molar-refractivity contribution < 1.29 is 69.0 Å². The number of aliphatic hydroxyl groups is 2. The number of aliphatic carboxylic acids is 2. The number of anilines is 2. The molecule has 9 N–H and O–H groups in total. The van der Waals surface area contributed by atoms with Crippen molar-refractivity contribution in [1.82, 2.24) is 15.1 Å². The number of nitrogens with one attached hydrogen (secondary N) is 3. The Morgan fingerprint density at radius 3 is 1.97 bits per heavy atom. The van der Waals surface area contributed by atoms with Crippen molar-refractivity contribution in [3.8, 4) is 0 Å². The molecule has 5 aliphatic heterocycles. The minimum Gasteiger partial charge on any atom is -0.478 e. The SMILES string of the molecule is C[C@H]1[C@H]([C@H](C(=O)N2C[C@@H](SC3=C(C(=O)O)N4C(=O)[C@H]([C@@H](C)O)[C@H]4[C@H]3C)C[C@H]2C(=O)Nc2cccc(C(=O)O)c2)[C@H](C)O)N=C(C(=O)O)[C@H]1S[C@@H]1CN[C@H](C(=O)Nc2cccc(C(=O)O)c2)C1. The minimum absolute atomic E-state index is 0.00740. The van der Waals surface area contributed by atoms with Gasteiger partial charge in [0.2, 0.25) is 23.6 Å². The van der Waals surface area contributed by atoms with Crippen LogP contribution < -0.4 is 16.0 Å². The van der Waals surface area contributed by atoms with Crippen molar-refractivity contribution in [3.63, 3.8) is 0 Å². The second kappa shape index (κ2) is 19.2. The number of aromatic carboxylic acids is 2. The third kappa shape index (κ3) is 9.28. The Hall–Kier alpha value is -5.81. The smallest absolute Gasteiger partial charge is 0.353 e. The van der Waals surface area contributed by atoms with Gasteiger partial charge in [0.1, 0.15) is 17.5 Å². The van der Waals surface area contributed by atoms with Crippen molar-refractivity contribution in [2.75, 3.05) is 23.7 Å². The minimum atomic E-state index is -1.42. The summed E-state index contributed by atoms with van der Waals surface area (Å²) in [7, 11) is 0. The summed E-state index contributed by atoms with van der Waals surface area (Å²) in [6.07, 6.45) is -2.22. The lowest BCUT2D eigenvalue weighted by Gasteiger charge is -2.46. The molecule has 7 rings (SSSR count). The molecule has 5 aliphatic rings. The highest BCUT2D eigenvalue weighted by molar-refractivity contribution is 8.03. The number of benzene rings is 2. The number of amides is 4. The number of thioether (sulfide) groups is 2. The zero-order valence-corrected chi connectivity index (χ0v) is 37.7. The van der Waals surface area contributed by atoms with Crippen LogP contribution in [-0.2, 0) is 28.8 Å². The number of fused-ring (bicyclic) bond motifs is 1. The maximum Gasteiger partial charge on any atom is 0.353 e. The van der Waals surface area contributed by atoms with Gasteiger partial charge in [0, 0.05) is 45.8 Å². The maximum atomic E-state index is 15.0. The lowest BCUT2D eigenvalue weighted by atomic mass is 9.79. The van der Waals surface area contributed by atoms with Gasteiger partial charge in [0.05, 0.1) is 58.5 Å². The van der Waals surface area contributed by atoms with E-state index in [0.717, 1.165) is 11.8 Å². The number of rotatable bonds is 16. The third-order valence-corrected chi connectivity index (χ3v) is 16.1. The van der Waals surface area contributed by atoms with Gasteiger partial charge in [-0.05, 0) is 69.0 Å². The molecule has 352 valence electrons. The number of nitrogens with zero attached hydrogens (tertiary/aromatic N) is 3. The number of carboxylic acid groups (broad SMARTS) is 4. The lowest BCUT2D eigenvalue weighted by Crippen LogP contribution is -2.63. The van der Waals surface area contributed by atoms with E-state index in [1.165, 1.54) is 77.9 Å². The first kappa shape index (κ1) is 48.1. The van der Waals surface area contributed by atoms with Crippen LogP contribution in [0.1, 0.15) is 61.3 Å². The summed E-state index contributed by atoms with van der Waals surface area (Å²) in [5, 5.41) is 68.1. The first-order valence-corrected chi connectivity index (χ1v) is 23.1. The molecule has 0 saturated carbocycles. The molecule has 66 heavy (non-hydrogen) atoms. The Labute approximate surface area is 386 Å². The molecule has 0 radical (unpaired) electrons. The largest absolute Gasteiger partial charge is 0.478 e. The number of aliphatic hydroxyl groups excluding tert-OH is 2. The average Bonchev–Trinajstić information content (AvgIpc) is 4.03. The van der Waals surface area contributed by atoms with Crippen molar-refractivity contribution in [1.29, 1.82) is 0 Å². The number of likely N-dealkylation sites (tertiary alicyclic amines) is 1. The van der Waals surface area contributed by atoms with Crippen molar-refractivity contribution in [2.45, 2.75) is 92.7 Å². The van der Waals surface area contributed by atoms with Gasteiger partial charge in [0.25, 0.3) is 0 Å². The highest BCUT2D eigenvalue weighted by Crippen LogP contribution is 2.52. The number of hydrogen-bond acceptors (Lipinski definition) is 14. The lowest BCUT2D eigenvalue weighted by molar-refractivity contribution is -0.163. The van der Waals surface area contributed by atoms with Crippen LogP contribution in [0.15, 0.2) is 64.1 Å². The van der Waals surface area contributed by atoms with E-state index in [0.29, 0.717) is 11.4 Å². The number of β-lactam (4-membered cyclic amide) rings is 1. The predicted octanol–water partition coefficient (Wildman–Crippen LogP) is 1.89. The van der Waals surface area contributed by atoms with Crippen LogP contribution in [0.25, 0.3) is 0 Å². The normalized spacial score (nSPS) is 29.4. The fourth-order valence-corrected chi connectivity index (χ4v) is 12.9. The Kier molecular flexibility index (Phi) is 14.0. The highest BCUT2D eigenvalue weighted by Gasteiger charge is 2.61. The van der Waals surface area contributed by atoms with Crippen LogP contribution in [0.5, 0.6) is 0 Å². The molecule has 20 nitrogen and oxygen atoms in total. The van der Waals surface area contributed by atoms with Gasteiger partial charge in [-0.3, -0.25) is 24.2 Å². The number of carboxylic acids is 4. The molecule has 2 aromatic rings. The van der Waals surface area contributed by atoms with Crippen LogP contribution in [0, 0.1) is 23.7 Å². The van der Waals surface area contributed by atoms with Crippen LogP contribution >= 0.6 is 23.5 Å². The second-order valence-corrected chi connectivity index (χ2v) is 20.1. The molecule has 0 bridgehead atoms. The number of carbonyl (C=O) groups is 8. The van der Waals surface area contributed by atoms with E-state index in [1.54, 1.807) is 19.9 Å². The maximum absolute atomic E-state index is 15.0. The van der Waals surface area contributed by atoms with Crippen molar-refractivity contribution in [3.05, 3.63) is 70.3 Å². The second-order valence-electron chi connectivity index (χ2n) is 17.3. The van der Waals surface area contributed by atoms with E-state index in [9.17, 15) is 69.0 Å². The van der Waals surface area contributed by atoms with Crippen LogP contribution in [0.2, 0.25) is 0 Å². The first-order chi connectivity index (χ1) is 31.2. The molecule has 22 heteroatoms. The van der Waals surface area contributed by atoms with E-state index in [1.807, 2.05) is 0 Å². The van der Waals surface area contributed by atoms with E-state index in [-0.39, 0.29) is 58.5 Å². The first-order valence-electron chi connectivity index (χ1n) is 21.3. The van der Waals surface area contributed by atoms with Crippen molar-refractivity contribution in [2.24, 2.45) is 28.7 Å². The average molecular weight is 951 g/mol. The summed E-state index contributed by atoms with van der Waals surface area (Å²) >= 11 is 2.36. The topological polar surface area (TPSA) is 313 Å². The number of carbonyl (C=O) groups excluding carboxylic acids is 4. The van der Waals surface area contributed by atoms with Crippen molar-refractivity contribution >= 4 is 88.1 Å².